The van der Waals surface area contributed by atoms with Gasteiger partial charge in [-0.25, -0.2) is 0 Å². The topological polar surface area (TPSA) is 24.5 Å². The highest BCUT2D eigenvalue weighted by molar-refractivity contribution is 9.13. The fourth-order valence-corrected chi connectivity index (χ4v) is 4.10. The van der Waals surface area contributed by atoms with Gasteiger partial charge in [0.2, 0.25) is 0 Å². The van der Waals surface area contributed by atoms with Gasteiger partial charge in [-0.05, 0) is 92.3 Å². The van der Waals surface area contributed by atoms with Gasteiger partial charge in [0.1, 0.15) is 12.4 Å². The third-order valence-corrected chi connectivity index (χ3v) is 6.90. The van der Waals surface area contributed by atoms with Gasteiger partial charge in [0.05, 0.1) is 6.04 Å². The zero-order valence-corrected chi connectivity index (χ0v) is 18.6. The molecule has 0 radical (unpaired) electrons. The monoisotopic (exact) mass is 480 g/mol. The molecule has 0 bridgehead atoms. The number of nitrogens with one attached hydrogen (secondary N) is 1. The molecule has 0 saturated heterocycles. The van der Waals surface area contributed by atoms with Crippen molar-refractivity contribution in [2.24, 2.45) is 0 Å². The van der Waals surface area contributed by atoms with Gasteiger partial charge in [-0.2, -0.15) is 0 Å². The molecule has 0 saturated carbocycles. The van der Waals surface area contributed by atoms with Crippen LogP contribution in [0, 0.1) is 0 Å². The predicted octanol–water partition coefficient (Wildman–Crippen LogP) is 5.17. The van der Waals surface area contributed by atoms with Crippen molar-refractivity contribution in [3.05, 3.63) is 62.0 Å². The Bertz CT molecular complexity index is 747. The van der Waals surface area contributed by atoms with E-state index in [1.54, 1.807) is 0 Å². The molecule has 26 heavy (non-hydrogen) atoms. The number of halogens is 2. The summed E-state index contributed by atoms with van der Waals surface area (Å²) >= 11 is 7.17. The number of hydrogen-bond acceptors (Lipinski definition) is 3. The van der Waals surface area contributed by atoms with E-state index >= 15 is 0 Å². The molecule has 2 aromatic rings. The normalized spacial score (nSPS) is 16.6. The van der Waals surface area contributed by atoms with E-state index in [4.69, 9.17) is 4.74 Å². The summed E-state index contributed by atoms with van der Waals surface area (Å²) in [5.74, 6) is 0.980. The van der Waals surface area contributed by atoms with Gasteiger partial charge in [-0.15, -0.1) is 0 Å². The summed E-state index contributed by atoms with van der Waals surface area (Å²) in [6.07, 6.45) is 1.04. The highest BCUT2D eigenvalue weighted by atomic mass is 79.9. The standard InChI is InChI=1S/C21H26Br2N2O/c1-3-25(4-2)11-12-26-17-6-7-18-15(13-17)9-10-24-21(18)16-5-8-19(22)20(23)14-16/h5-8,13-14,21,24H,3-4,9-12H2,1-2H3. The van der Waals surface area contributed by atoms with Crippen LogP contribution in [-0.2, 0) is 6.42 Å². The molecule has 1 heterocycles. The lowest BCUT2D eigenvalue weighted by Gasteiger charge is -2.28. The maximum absolute atomic E-state index is 6.01. The number of benzene rings is 2. The lowest BCUT2D eigenvalue weighted by molar-refractivity contribution is 0.222. The molecule has 3 rings (SSSR count). The number of likely N-dealkylation sites (N-methyl/N-ethyl adjacent to an activating group) is 1. The molecule has 1 N–H and O–H groups in total. The van der Waals surface area contributed by atoms with E-state index < -0.39 is 0 Å². The minimum atomic E-state index is 0.230. The minimum Gasteiger partial charge on any atom is -0.492 e. The van der Waals surface area contributed by atoms with Crippen LogP contribution >= 0.6 is 31.9 Å². The van der Waals surface area contributed by atoms with Gasteiger partial charge in [-0.1, -0.05) is 26.0 Å². The Morgan fingerprint density at radius 3 is 2.62 bits per heavy atom. The quantitative estimate of drug-likeness (QED) is 0.590. The zero-order chi connectivity index (χ0) is 18.5. The van der Waals surface area contributed by atoms with Crippen LogP contribution in [0.2, 0.25) is 0 Å². The Hall–Kier alpha value is -0.880. The molecular formula is C21H26Br2N2O. The van der Waals surface area contributed by atoms with Crippen LogP contribution in [-0.4, -0.2) is 37.7 Å². The summed E-state index contributed by atoms with van der Waals surface area (Å²) in [7, 11) is 0. The van der Waals surface area contributed by atoms with Crippen molar-refractivity contribution in [1.29, 1.82) is 0 Å². The van der Waals surface area contributed by atoms with Crippen LogP contribution in [0.3, 0.4) is 0 Å². The highest BCUT2D eigenvalue weighted by Crippen LogP contribution is 2.34. The maximum atomic E-state index is 6.01. The molecule has 0 amide bonds. The highest BCUT2D eigenvalue weighted by Gasteiger charge is 2.22. The number of nitrogens with zero attached hydrogens (tertiary/aromatic N) is 1. The first-order chi connectivity index (χ1) is 12.6. The minimum absolute atomic E-state index is 0.230. The van der Waals surface area contributed by atoms with Gasteiger partial charge in [-0.3, -0.25) is 0 Å². The molecule has 1 aliphatic rings. The Kier molecular flexibility index (Phi) is 7.15. The smallest absolute Gasteiger partial charge is 0.119 e. The van der Waals surface area contributed by atoms with E-state index in [2.05, 4.69) is 92.3 Å². The SMILES string of the molecule is CCN(CC)CCOc1ccc2c(c1)CCNC2c1ccc(Br)c(Br)c1. The molecule has 0 spiro atoms. The summed E-state index contributed by atoms with van der Waals surface area (Å²) in [6, 6.07) is 13.2. The van der Waals surface area contributed by atoms with Gasteiger partial charge in [0, 0.05) is 22.0 Å². The molecular weight excluding hydrogens is 456 g/mol. The molecule has 1 aliphatic heterocycles. The van der Waals surface area contributed by atoms with Crippen LogP contribution in [0.1, 0.15) is 36.6 Å². The van der Waals surface area contributed by atoms with E-state index in [1.807, 2.05) is 0 Å². The second-order valence-electron chi connectivity index (χ2n) is 6.55. The largest absolute Gasteiger partial charge is 0.492 e. The first-order valence-corrected chi connectivity index (χ1v) is 10.9. The molecule has 0 fully saturated rings. The Labute approximate surface area is 173 Å². The van der Waals surface area contributed by atoms with Crippen LogP contribution in [0.15, 0.2) is 45.3 Å². The van der Waals surface area contributed by atoms with Crippen molar-refractivity contribution < 1.29 is 4.74 Å². The second kappa shape index (κ2) is 9.36. The van der Waals surface area contributed by atoms with Crippen molar-refractivity contribution in [2.45, 2.75) is 26.3 Å². The second-order valence-corrected chi connectivity index (χ2v) is 8.26. The van der Waals surface area contributed by atoms with Crippen molar-refractivity contribution >= 4 is 31.9 Å². The fraction of sp³-hybridized carbons (Fsp3) is 0.429. The molecule has 1 atom stereocenters. The average molecular weight is 482 g/mol. The van der Waals surface area contributed by atoms with Gasteiger partial charge in [0.15, 0.2) is 0 Å². The maximum Gasteiger partial charge on any atom is 0.119 e. The van der Waals surface area contributed by atoms with Crippen LogP contribution in [0.25, 0.3) is 0 Å². The molecule has 5 heteroatoms. The molecule has 1 unspecified atom stereocenters. The molecule has 0 aromatic heterocycles. The average Bonchev–Trinajstić information content (AvgIpc) is 2.67. The number of rotatable bonds is 7. The molecule has 2 aromatic carbocycles. The zero-order valence-electron chi connectivity index (χ0n) is 15.4. The summed E-state index contributed by atoms with van der Waals surface area (Å²) in [4.78, 5) is 2.38. The molecule has 0 aliphatic carbocycles. The number of hydrogen-bond donors (Lipinski definition) is 1. The third kappa shape index (κ3) is 4.69. The Morgan fingerprint density at radius 2 is 1.88 bits per heavy atom. The lowest BCUT2D eigenvalue weighted by Crippen LogP contribution is -2.30. The predicted molar refractivity (Wildman–Crippen MR) is 115 cm³/mol. The van der Waals surface area contributed by atoms with Crippen molar-refractivity contribution in [3.8, 4) is 5.75 Å². The van der Waals surface area contributed by atoms with E-state index in [0.717, 1.165) is 53.9 Å². The van der Waals surface area contributed by atoms with E-state index in [0.29, 0.717) is 0 Å². The van der Waals surface area contributed by atoms with Crippen molar-refractivity contribution in [2.75, 3.05) is 32.8 Å². The summed E-state index contributed by atoms with van der Waals surface area (Å²) in [5.41, 5.74) is 4.01. The van der Waals surface area contributed by atoms with Crippen molar-refractivity contribution in [1.82, 2.24) is 10.2 Å². The lowest BCUT2D eigenvalue weighted by atomic mass is 9.90. The van der Waals surface area contributed by atoms with Crippen LogP contribution < -0.4 is 10.1 Å². The Morgan fingerprint density at radius 1 is 1.08 bits per heavy atom. The summed E-state index contributed by atoms with van der Waals surface area (Å²) in [6.45, 7) is 9.21. The van der Waals surface area contributed by atoms with E-state index in [1.165, 1.54) is 16.7 Å². The summed E-state index contributed by atoms with van der Waals surface area (Å²) < 4.78 is 8.17. The van der Waals surface area contributed by atoms with Crippen molar-refractivity contribution in [3.63, 3.8) is 0 Å². The molecule has 3 nitrogen and oxygen atoms in total. The Balaban J connectivity index is 1.73. The first-order valence-electron chi connectivity index (χ1n) is 9.28. The number of fused-ring (bicyclic) bond motifs is 1. The van der Waals surface area contributed by atoms with Gasteiger partial charge < -0.3 is 15.0 Å². The fourth-order valence-electron chi connectivity index (χ4n) is 3.45. The summed E-state index contributed by atoms with van der Waals surface area (Å²) in [5, 5.41) is 3.65. The first kappa shape index (κ1) is 19.9. The number of ether oxygens (including phenoxy) is 1. The van der Waals surface area contributed by atoms with E-state index in [-0.39, 0.29) is 6.04 Å². The molecule has 140 valence electrons. The van der Waals surface area contributed by atoms with Gasteiger partial charge >= 0.3 is 0 Å². The van der Waals surface area contributed by atoms with Gasteiger partial charge in [0.25, 0.3) is 0 Å². The van der Waals surface area contributed by atoms with E-state index in [9.17, 15) is 0 Å². The third-order valence-electron chi connectivity index (χ3n) is 5.02. The van der Waals surface area contributed by atoms with Crippen LogP contribution in [0.4, 0.5) is 0 Å². The van der Waals surface area contributed by atoms with Crippen LogP contribution in [0.5, 0.6) is 5.75 Å².